The first-order valence-corrected chi connectivity index (χ1v) is 13.8. The van der Waals surface area contributed by atoms with E-state index in [0.717, 1.165) is 29.0 Å². The SMILES string of the molecule is CC(C)(NC(=O)[C@@H]1CCCN1S(=O)(=O)c1ccc(Cl)s1)c1cccc(-c2ccc(C(F)(F)F)cc2)c1. The Morgan fingerprint density at radius 3 is 2.33 bits per heavy atom. The highest BCUT2D eigenvalue weighted by Gasteiger charge is 2.41. The molecule has 1 aromatic heterocycles. The lowest BCUT2D eigenvalue weighted by Crippen LogP contribution is -2.51. The Morgan fingerprint density at radius 1 is 1.03 bits per heavy atom. The number of rotatable bonds is 6. The Morgan fingerprint density at radius 2 is 1.72 bits per heavy atom. The summed E-state index contributed by atoms with van der Waals surface area (Å²) in [5.74, 6) is -0.413. The minimum Gasteiger partial charge on any atom is -0.346 e. The van der Waals surface area contributed by atoms with E-state index in [4.69, 9.17) is 11.6 Å². The molecule has 36 heavy (non-hydrogen) atoms. The highest BCUT2D eigenvalue weighted by Crippen LogP contribution is 2.34. The summed E-state index contributed by atoms with van der Waals surface area (Å²) in [5.41, 5.74) is 0.433. The molecule has 1 N–H and O–H groups in total. The van der Waals surface area contributed by atoms with Crippen molar-refractivity contribution in [3.63, 3.8) is 0 Å². The van der Waals surface area contributed by atoms with Crippen molar-refractivity contribution in [3.05, 3.63) is 76.1 Å². The maximum Gasteiger partial charge on any atom is 0.416 e. The van der Waals surface area contributed by atoms with Gasteiger partial charge in [-0.25, -0.2) is 8.42 Å². The second-order valence-electron chi connectivity index (χ2n) is 9.10. The van der Waals surface area contributed by atoms with Crippen molar-refractivity contribution in [2.24, 2.45) is 0 Å². The molecule has 1 fully saturated rings. The third kappa shape index (κ3) is 5.46. The fourth-order valence-corrected chi connectivity index (χ4v) is 7.51. The molecule has 5 nitrogen and oxygen atoms in total. The van der Waals surface area contributed by atoms with Crippen LogP contribution in [0.15, 0.2) is 64.9 Å². The third-order valence-corrected chi connectivity index (χ3v) is 9.79. The van der Waals surface area contributed by atoms with E-state index in [-0.39, 0.29) is 10.8 Å². The molecule has 4 rings (SSSR count). The molecule has 2 aromatic carbocycles. The fraction of sp³-hybridized carbons (Fsp3) is 0.320. The number of amides is 1. The van der Waals surface area contributed by atoms with Gasteiger partial charge in [0.05, 0.1) is 15.4 Å². The van der Waals surface area contributed by atoms with Gasteiger partial charge in [0.1, 0.15) is 10.3 Å². The van der Waals surface area contributed by atoms with E-state index >= 15 is 0 Å². The molecule has 192 valence electrons. The van der Waals surface area contributed by atoms with Gasteiger partial charge in [0.25, 0.3) is 10.0 Å². The van der Waals surface area contributed by atoms with Crippen LogP contribution in [0.25, 0.3) is 11.1 Å². The second-order valence-corrected chi connectivity index (χ2v) is 12.9. The molecule has 0 saturated carbocycles. The normalized spacial score (nSPS) is 17.3. The number of carbonyl (C=O) groups is 1. The van der Waals surface area contributed by atoms with Crippen molar-refractivity contribution < 1.29 is 26.4 Å². The van der Waals surface area contributed by atoms with Crippen LogP contribution in [0.1, 0.15) is 37.8 Å². The van der Waals surface area contributed by atoms with Gasteiger partial charge in [0.2, 0.25) is 5.91 Å². The zero-order chi connectivity index (χ0) is 26.3. The smallest absolute Gasteiger partial charge is 0.346 e. The number of sulfonamides is 1. The fourth-order valence-electron chi connectivity index (χ4n) is 4.24. The Balaban J connectivity index is 1.54. The molecule has 3 aromatic rings. The first-order chi connectivity index (χ1) is 16.8. The van der Waals surface area contributed by atoms with Crippen molar-refractivity contribution in [2.75, 3.05) is 6.54 Å². The van der Waals surface area contributed by atoms with E-state index in [9.17, 15) is 26.4 Å². The topological polar surface area (TPSA) is 66.5 Å². The molecule has 0 aliphatic carbocycles. The summed E-state index contributed by atoms with van der Waals surface area (Å²) in [6, 6.07) is 14.1. The van der Waals surface area contributed by atoms with Crippen LogP contribution in [0.5, 0.6) is 0 Å². The first-order valence-electron chi connectivity index (χ1n) is 11.2. The van der Waals surface area contributed by atoms with Crippen molar-refractivity contribution in [3.8, 4) is 11.1 Å². The van der Waals surface area contributed by atoms with Gasteiger partial charge in [-0.2, -0.15) is 17.5 Å². The number of carbonyl (C=O) groups excluding carboxylic acids is 1. The molecule has 1 atom stereocenters. The number of hydrogen-bond acceptors (Lipinski definition) is 4. The largest absolute Gasteiger partial charge is 0.416 e. The zero-order valence-corrected chi connectivity index (χ0v) is 21.9. The molecule has 1 aliphatic rings. The lowest BCUT2D eigenvalue weighted by molar-refractivity contribution is -0.137. The van der Waals surface area contributed by atoms with Gasteiger partial charge in [-0.1, -0.05) is 41.9 Å². The number of halogens is 4. The summed E-state index contributed by atoms with van der Waals surface area (Å²) in [4.78, 5) is 13.3. The van der Waals surface area contributed by atoms with E-state index < -0.39 is 39.3 Å². The van der Waals surface area contributed by atoms with Crippen LogP contribution >= 0.6 is 22.9 Å². The monoisotopic (exact) mass is 556 g/mol. The average molecular weight is 557 g/mol. The van der Waals surface area contributed by atoms with Crippen molar-refractivity contribution in [1.29, 1.82) is 0 Å². The molecule has 1 aliphatic heterocycles. The van der Waals surface area contributed by atoms with Crippen LogP contribution in [0.2, 0.25) is 4.34 Å². The quantitative estimate of drug-likeness (QED) is 0.388. The van der Waals surface area contributed by atoms with E-state index in [1.165, 1.54) is 28.6 Å². The van der Waals surface area contributed by atoms with E-state index in [0.29, 0.717) is 28.3 Å². The van der Waals surface area contributed by atoms with Crippen LogP contribution in [0.3, 0.4) is 0 Å². The molecule has 0 unspecified atom stereocenters. The molecule has 0 spiro atoms. The number of alkyl halides is 3. The van der Waals surface area contributed by atoms with Crippen LogP contribution in [-0.4, -0.2) is 31.2 Å². The summed E-state index contributed by atoms with van der Waals surface area (Å²) in [7, 11) is -3.86. The third-order valence-electron chi connectivity index (χ3n) is 6.18. The Labute approximate surface area is 216 Å². The highest BCUT2D eigenvalue weighted by molar-refractivity contribution is 7.91. The van der Waals surface area contributed by atoms with Gasteiger partial charge in [-0.15, -0.1) is 11.3 Å². The minimum absolute atomic E-state index is 0.0932. The number of hydrogen-bond donors (Lipinski definition) is 1. The summed E-state index contributed by atoms with van der Waals surface area (Å²) >= 11 is 6.87. The van der Waals surface area contributed by atoms with Crippen LogP contribution < -0.4 is 5.32 Å². The Hall–Kier alpha value is -2.40. The van der Waals surface area contributed by atoms with E-state index in [1.807, 2.05) is 6.07 Å². The molecular formula is C25H24ClF3N2O3S2. The highest BCUT2D eigenvalue weighted by atomic mass is 35.5. The summed E-state index contributed by atoms with van der Waals surface area (Å²) in [5, 5.41) is 2.96. The first kappa shape index (κ1) is 26.7. The lowest BCUT2D eigenvalue weighted by atomic mass is 9.90. The van der Waals surface area contributed by atoms with Gasteiger partial charge in [-0.3, -0.25) is 4.79 Å². The van der Waals surface area contributed by atoms with Gasteiger partial charge >= 0.3 is 6.18 Å². The molecule has 1 amide bonds. The molecule has 11 heteroatoms. The number of thiophene rings is 1. The van der Waals surface area contributed by atoms with Gasteiger partial charge in [-0.05, 0) is 73.7 Å². The van der Waals surface area contributed by atoms with E-state index in [1.54, 1.807) is 32.0 Å². The average Bonchev–Trinajstić information content (AvgIpc) is 3.49. The molecule has 0 radical (unpaired) electrons. The van der Waals surface area contributed by atoms with Crippen molar-refractivity contribution in [1.82, 2.24) is 9.62 Å². The maximum absolute atomic E-state index is 13.3. The van der Waals surface area contributed by atoms with Crippen LogP contribution in [0.4, 0.5) is 13.2 Å². The maximum atomic E-state index is 13.3. The predicted molar refractivity (Wildman–Crippen MR) is 134 cm³/mol. The molecule has 0 bridgehead atoms. The summed E-state index contributed by atoms with van der Waals surface area (Å²) in [6.07, 6.45) is -3.46. The van der Waals surface area contributed by atoms with Crippen LogP contribution in [-0.2, 0) is 26.5 Å². The van der Waals surface area contributed by atoms with Crippen LogP contribution in [0, 0.1) is 0 Å². The summed E-state index contributed by atoms with van der Waals surface area (Å²) < 4.78 is 66.6. The Kier molecular flexibility index (Phi) is 7.27. The minimum atomic E-state index is -4.41. The zero-order valence-electron chi connectivity index (χ0n) is 19.5. The molecule has 2 heterocycles. The van der Waals surface area contributed by atoms with Crippen molar-refractivity contribution in [2.45, 2.75) is 48.7 Å². The number of nitrogens with zero attached hydrogens (tertiary/aromatic N) is 1. The van der Waals surface area contributed by atoms with Gasteiger partial charge in [0, 0.05) is 6.54 Å². The standard InChI is InChI=1S/C25H24ClF3N2O3S2/c1-24(2,19-6-3-5-17(15-19)16-8-10-18(11-9-16)25(27,28)29)30-23(32)20-7-4-14-31(20)36(33,34)22-13-12-21(26)35-22/h3,5-6,8-13,15,20H,4,7,14H2,1-2H3,(H,30,32)/t20-/m0/s1. The number of nitrogens with one attached hydrogen (secondary N) is 1. The van der Waals surface area contributed by atoms with Gasteiger partial charge in [0.15, 0.2) is 0 Å². The summed E-state index contributed by atoms with van der Waals surface area (Å²) in [6.45, 7) is 3.83. The van der Waals surface area contributed by atoms with Gasteiger partial charge < -0.3 is 5.32 Å². The van der Waals surface area contributed by atoms with E-state index in [2.05, 4.69) is 5.32 Å². The lowest BCUT2D eigenvalue weighted by Gasteiger charge is -2.31. The second kappa shape index (κ2) is 9.81. The predicted octanol–water partition coefficient (Wildman–Crippen LogP) is 6.29. The molecule has 1 saturated heterocycles. The number of benzene rings is 2. The molecular weight excluding hydrogens is 533 g/mol. The Bertz CT molecular complexity index is 1370. The van der Waals surface area contributed by atoms with Crippen molar-refractivity contribution >= 4 is 38.9 Å².